The summed E-state index contributed by atoms with van der Waals surface area (Å²) in [5.41, 5.74) is 2.17. The molecular formula is C17H14N6O2. The molecule has 4 rings (SSSR count). The van der Waals surface area contributed by atoms with E-state index in [0.717, 1.165) is 11.3 Å². The van der Waals surface area contributed by atoms with Crippen molar-refractivity contribution in [2.24, 2.45) is 0 Å². The molecule has 0 bridgehead atoms. The number of hydrogen-bond acceptors (Lipinski definition) is 5. The minimum Gasteiger partial charge on any atom is -0.378 e. The maximum absolute atomic E-state index is 12.0. The first-order valence-electron chi connectivity index (χ1n) is 7.65. The summed E-state index contributed by atoms with van der Waals surface area (Å²) < 4.78 is 1.59. The molecule has 1 aromatic carbocycles. The van der Waals surface area contributed by atoms with Crippen molar-refractivity contribution in [2.45, 2.75) is 6.54 Å². The minimum absolute atomic E-state index is 0.276. The van der Waals surface area contributed by atoms with Crippen molar-refractivity contribution in [2.75, 3.05) is 5.32 Å². The van der Waals surface area contributed by atoms with Crippen molar-refractivity contribution in [1.29, 1.82) is 0 Å². The van der Waals surface area contributed by atoms with E-state index in [1.165, 1.54) is 6.20 Å². The van der Waals surface area contributed by atoms with Crippen molar-refractivity contribution in [3.63, 3.8) is 0 Å². The van der Waals surface area contributed by atoms with E-state index in [-0.39, 0.29) is 5.56 Å². The highest BCUT2D eigenvalue weighted by molar-refractivity contribution is 5.73. The Hall–Kier alpha value is -3.68. The largest absolute Gasteiger partial charge is 0.378 e. The van der Waals surface area contributed by atoms with E-state index in [1.54, 1.807) is 23.0 Å². The molecule has 0 radical (unpaired) electrons. The topological polar surface area (TPSA) is 108 Å². The van der Waals surface area contributed by atoms with Crippen molar-refractivity contribution in [3.8, 4) is 11.3 Å². The van der Waals surface area contributed by atoms with Crippen LogP contribution in [0.5, 0.6) is 0 Å². The minimum atomic E-state index is -0.556. The SMILES string of the molecule is O=c1[nH]cc(-c2cc(NCc3ccccc3)c3nccn3n2)c(=O)[nH]1. The highest BCUT2D eigenvalue weighted by Crippen LogP contribution is 2.21. The van der Waals surface area contributed by atoms with Gasteiger partial charge in [-0.15, -0.1) is 0 Å². The number of aromatic nitrogens is 5. The second-order valence-corrected chi connectivity index (χ2v) is 5.46. The van der Waals surface area contributed by atoms with Crippen molar-refractivity contribution >= 4 is 11.3 Å². The van der Waals surface area contributed by atoms with E-state index in [4.69, 9.17) is 0 Å². The summed E-state index contributed by atoms with van der Waals surface area (Å²) in [4.78, 5) is 32.2. The zero-order valence-electron chi connectivity index (χ0n) is 13.1. The van der Waals surface area contributed by atoms with Crippen LogP contribution in [-0.4, -0.2) is 24.6 Å². The Kier molecular flexibility index (Phi) is 3.62. The number of imidazole rings is 1. The van der Waals surface area contributed by atoms with Crippen LogP contribution < -0.4 is 16.6 Å². The van der Waals surface area contributed by atoms with Gasteiger partial charge < -0.3 is 10.3 Å². The lowest BCUT2D eigenvalue weighted by Gasteiger charge is -2.10. The second-order valence-electron chi connectivity index (χ2n) is 5.46. The summed E-state index contributed by atoms with van der Waals surface area (Å²) in [6, 6.07) is 11.7. The molecule has 3 N–H and O–H groups in total. The summed E-state index contributed by atoms with van der Waals surface area (Å²) in [5.74, 6) is 0. The highest BCUT2D eigenvalue weighted by Gasteiger charge is 2.11. The van der Waals surface area contributed by atoms with Gasteiger partial charge in [-0.1, -0.05) is 30.3 Å². The Morgan fingerprint density at radius 3 is 2.80 bits per heavy atom. The van der Waals surface area contributed by atoms with Gasteiger partial charge in [-0.3, -0.25) is 9.78 Å². The number of nitrogens with zero attached hydrogens (tertiary/aromatic N) is 3. The predicted octanol–water partition coefficient (Wildman–Crippen LogP) is 1.38. The van der Waals surface area contributed by atoms with Crippen LogP contribution in [0.4, 0.5) is 5.69 Å². The Morgan fingerprint density at radius 1 is 1.16 bits per heavy atom. The summed E-state index contributed by atoms with van der Waals surface area (Å²) >= 11 is 0. The van der Waals surface area contributed by atoms with Gasteiger partial charge in [0.25, 0.3) is 5.56 Å². The maximum atomic E-state index is 12.0. The standard InChI is InChI=1S/C17H14N6O2/c24-16-12(10-20-17(25)21-16)13-8-14(15-18-6-7-23(15)22-13)19-9-11-4-2-1-3-5-11/h1-8,10,19H,9H2,(H2,20,21,24,25). The third kappa shape index (κ3) is 2.92. The van der Waals surface area contributed by atoms with Crippen LogP contribution in [0.15, 0.2) is 64.6 Å². The van der Waals surface area contributed by atoms with Crippen LogP contribution in [0.3, 0.4) is 0 Å². The molecule has 4 aromatic rings. The fraction of sp³-hybridized carbons (Fsp3) is 0.0588. The molecule has 124 valence electrons. The number of aromatic amines is 2. The average molecular weight is 334 g/mol. The first-order chi connectivity index (χ1) is 12.2. The lowest BCUT2D eigenvalue weighted by Crippen LogP contribution is -2.23. The van der Waals surface area contributed by atoms with Gasteiger partial charge in [-0.25, -0.2) is 14.3 Å². The molecule has 0 aliphatic carbocycles. The molecule has 0 saturated heterocycles. The van der Waals surface area contributed by atoms with Gasteiger partial charge >= 0.3 is 5.69 Å². The zero-order chi connectivity index (χ0) is 17.2. The monoisotopic (exact) mass is 334 g/mol. The molecule has 0 spiro atoms. The molecule has 0 unspecified atom stereocenters. The van der Waals surface area contributed by atoms with Gasteiger partial charge in [0.15, 0.2) is 5.65 Å². The fourth-order valence-corrected chi connectivity index (χ4v) is 2.57. The molecule has 25 heavy (non-hydrogen) atoms. The summed E-state index contributed by atoms with van der Waals surface area (Å²) in [6.45, 7) is 0.606. The lowest BCUT2D eigenvalue weighted by molar-refractivity contribution is 0.931. The first kappa shape index (κ1) is 14.9. The van der Waals surface area contributed by atoms with Crippen LogP contribution >= 0.6 is 0 Å². The van der Waals surface area contributed by atoms with E-state index in [2.05, 4.69) is 25.4 Å². The number of hydrogen-bond donors (Lipinski definition) is 3. The van der Waals surface area contributed by atoms with E-state index >= 15 is 0 Å². The van der Waals surface area contributed by atoms with E-state index < -0.39 is 11.2 Å². The number of rotatable bonds is 4. The van der Waals surface area contributed by atoms with Crippen LogP contribution in [-0.2, 0) is 6.54 Å². The molecule has 0 fully saturated rings. The summed E-state index contributed by atoms with van der Waals surface area (Å²) in [6.07, 6.45) is 4.69. The zero-order valence-corrected chi connectivity index (χ0v) is 13.1. The van der Waals surface area contributed by atoms with Crippen molar-refractivity contribution in [1.82, 2.24) is 24.6 Å². The van der Waals surface area contributed by atoms with Gasteiger partial charge in [0.05, 0.1) is 11.3 Å². The smallest absolute Gasteiger partial charge is 0.325 e. The number of anilines is 1. The molecule has 0 amide bonds. The van der Waals surface area contributed by atoms with Crippen LogP contribution in [0, 0.1) is 0 Å². The fourth-order valence-electron chi connectivity index (χ4n) is 2.57. The molecule has 0 aliphatic rings. The van der Waals surface area contributed by atoms with Gasteiger partial charge in [-0.05, 0) is 11.6 Å². The summed E-state index contributed by atoms with van der Waals surface area (Å²) in [5, 5.41) is 7.71. The molecule has 3 aromatic heterocycles. The Labute approximate surface area is 141 Å². The Morgan fingerprint density at radius 2 is 2.00 bits per heavy atom. The van der Waals surface area contributed by atoms with Crippen LogP contribution in [0.2, 0.25) is 0 Å². The van der Waals surface area contributed by atoms with E-state index in [9.17, 15) is 9.59 Å². The Bertz CT molecular complexity index is 1140. The number of H-pyrrole nitrogens is 2. The molecule has 0 atom stereocenters. The number of benzene rings is 1. The third-order valence-corrected chi connectivity index (χ3v) is 3.78. The molecule has 0 saturated carbocycles. The Balaban J connectivity index is 1.77. The summed E-state index contributed by atoms with van der Waals surface area (Å²) in [7, 11) is 0. The van der Waals surface area contributed by atoms with E-state index in [0.29, 0.717) is 17.9 Å². The van der Waals surface area contributed by atoms with Crippen LogP contribution in [0.25, 0.3) is 16.9 Å². The van der Waals surface area contributed by atoms with Gasteiger partial charge in [0.2, 0.25) is 0 Å². The highest BCUT2D eigenvalue weighted by atomic mass is 16.2. The second kappa shape index (κ2) is 6.08. The van der Waals surface area contributed by atoms with Gasteiger partial charge in [0.1, 0.15) is 5.69 Å². The van der Waals surface area contributed by atoms with Gasteiger partial charge in [-0.2, -0.15) is 5.10 Å². The molecule has 8 nitrogen and oxygen atoms in total. The number of fused-ring (bicyclic) bond motifs is 1. The first-order valence-corrected chi connectivity index (χ1v) is 7.65. The van der Waals surface area contributed by atoms with Gasteiger partial charge in [0, 0.05) is 25.1 Å². The average Bonchev–Trinajstić information content (AvgIpc) is 3.09. The number of nitrogens with one attached hydrogen (secondary N) is 3. The molecular weight excluding hydrogens is 320 g/mol. The normalized spacial score (nSPS) is 10.9. The molecule has 0 aliphatic heterocycles. The van der Waals surface area contributed by atoms with Crippen molar-refractivity contribution in [3.05, 3.63) is 81.4 Å². The maximum Gasteiger partial charge on any atom is 0.325 e. The quantitative estimate of drug-likeness (QED) is 0.523. The predicted molar refractivity (Wildman–Crippen MR) is 93.4 cm³/mol. The van der Waals surface area contributed by atoms with Crippen molar-refractivity contribution < 1.29 is 0 Å². The van der Waals surface area contributed by atoms with E-state index in [1.807, 2.05) is 30.3 Å². The third-order valence-electron chi connectivity index (χ3n) is 3.78. The molecule has 8 heteroatoms. The van der Waals surface area contributed by atoms with Crippen LogP contribution in [0.1, 0.15) is 5.56 Å². The molecule has 3 heterocycles. The lowest BCUT2D eigenvalue weighted by atomic mass is 10.2.